The minimum atomic E-state index is -0.813. The van der Waals surface area contributed by atoms with Gasteiger partial charge in [0, 0.05) is 22.4 Å². The van der Waals surface area contributed by atoms with E-state index in [1.54, 1.807) is 24.3 Å². The van der Waals surface area contributed by atoms with Gasteiger partial charge in [-0.25, -0.2) is 14.4 Å². The maximum Gasteiger partial charge on any atom is 0.351 e. The van der Waals surface area contributed by atoms with Gasteiger partial charge < -0.3 is 13.6 Å². The molecule has 0 aliphatic heterocycles. The molecule has 0 N–H and O–H groups in total. The lowest BCUT2D eigenvalue weighted by Crippen LogP contribution is -2.17. The van der Waals surface area contributed by atoms with Crippen molar-refractivity contribution in [2.75, 3.05) is 0 Å². The Balaban J connectivity index is 1.69. The Morgan fingerprint density at radius 1 is 1.00 bits per heavy atom. The van der Waals surface area contributed by atoms with E-state index in [2.05, 4.69) is 13.8 Å². The van der Waals surface area contributed by atoms with Gasteiger partial charge >= 0.3 is 17.2 Å². The lowest BCUT2D eigenvalue weighted by Gasteiger charge is -2.13. The Hall–Kier alpha value is -3.67. The highest BCUT2D eigenvalue weighted by Gasteiger charge is 2.17. The van der Waals surface area contributed by atoms with Crippen molar-refractivity contribution in [2.24, 2.45) is 0 Å². The van der Waals surface area contributed by atoms with Crippen molar-refractivity contribution < 1.29 is 18.4 Å². The Kier molecular flexibility index (Phi) is 4.99. The summed E-state index contributed by atoms with van der Waals surface area (Å²) in [6.45, 7) is 5.94. The summed E-state index contributed by atoms with van der Waals surface area (Å²) in [7, 11) is 0. The van der Waals surface area contributed by atoms with Crippen molar-refractivity contribution in [3.8, 4) is 0 Å². The molecule has 2 aromatic carbocycles. The average Bonchev–Trinajstić information content (AvgIpc) is 2.70. The zero-order valence-corrected chi connectivity index (χ0v) is 16.9. The maximum atomic E-state index is 12.5. The fourth-order valence-electron chi connectivity index (χ4n) is 3.56. The molecule has 6 heteroatoms. The Morgan fingerprint density at radius 3 is 2.53 bits per heavy atom. The minimum Gasteiger partial charge on any atom is -0.457 e. The molecule has 0 bridgehead atoms. The lowest BCUT2D eigenvalue weighted by atomic mass is 9.95. The third-order valence-electron chi connectivity index (χ3n) is 5.06. The number of hydrogen-bond acceptors (Lipinski definition) is 6. The molecule has 4 rings (SSSR count). The van der Waals surface area contributed by atoms with Gasteiger partial charge in [-0.1, -0.05) is 32.0 Å². The van der Waals surface area contributed by atoms with E-state index in [0.29, 0.717) is 27.5 Å². The monoisotopic (exact) mass is 404 g/mol. The molecule has 0 radical (unpaired) electrons. The molecule has 152 valence electrons. The van der Waals surface area contributed by atoms with E-state index in [1.807, 2.05) is 19.1 Å². The number of rotatable bonds is 4. The molecule has 0 spiro atoms. The van der Waals surface area contributed by atoms with Crippen molar-refractivity contribution >= 4 is 27.9 Å². The minimum absolute atomic E-state index is 0.173. The Bertz CT molecular complexity index is 1390. The number of fused-ring (bicyclic) bond motifs is 2. The van der Waals surface area contributed by atoms with E-state index in [0.717, 1.165) is 11.1 Å². The van der Waals surface area contributed by atoms with Crippen LogP contribution in [0.5, 0.6) is 0 Å². The van der Waals surface area contributed by atoms with E-state index in [1.165, 1.54) is 12.1 Å². The molecule has 6 nitrogen and oxygen atoms in total. The molecule has 0 unspecified atom stereocenters. The number of esters is 1. The number of aryl methyl sites for hydroxylation is 1. The summed E-state index contributed by atoms with van der Waals surface area (Å²) < 4.78 is 15.9. The highest BCUT2D eigenvalue weighted by molar-refractivity contribution is 5.93. The lowest BCUT2D eigenvalue weighted by molar-refractivity contribution is 0.0469. The topological polar surface area (TPSA) is 86.7 Å². The number of hydrogen-bond donors (Lipinski definition) is 0. The van der Waals surface area contributed by atoms with Crippen LogP contribution in [-0.2, 0) is 11.3 Å². The highest BCUT2D eigenvalue weighted by atomic mass is 16.5. The molecule has 0 saturated carbocycles. The largest absolute Gasteiger partial charge is 0.457 e. The summed E-state index contributed by atoms with van der Waals surface area (Å²) in [6, 6.07) is 13.4. The average molecular weight is 404 g/mol. The van der Waals surface area contributed by atoms with Gasteiger partial charge in [0.1, 0.15) is 23.3 Å². The first kappa shape index (κ1) is 19.6. The van der Waals surface area contributed by atoms with Crippen molar-refractivity contribution in [1.29, 1.82) is 0 Å². The quantitative estimate of drug-likeness (QED) is 0.362. The van der Waals surface area contributed by atoms with Crippen LogP contribution in [-0.4, -0.2) is 5.97 Å². The van der Waals surface area contributed by atoms with Crippen molar-refractivity contribution in [3.05, 3.63) is 91.6 Å². The first-order valence-corrected chi connectivity index (χ1v) is 9.61. The fraction of sp³-hybridized carbons (Fsp3) is 0.208. The third-order valence-corrected chi connectivity index (χ3v) is 5.06. The zero-order valence-electron chi connectivity index (χ0n) is 16.9. The van der Waals surface area contributed by atoms with E-state index >= 15 is 0 Å². The van der Waals surface area contributed by atoms with Crippen molar-refractivity contribution in [3.63, 3.8) is 0 Å². The highest BCUT2D eigenvalue weighted by Crippen LogP contribution is 2.27. The molecule has 0 saturated heterocycles. The van der Waals surface area contributed by atoms with Gasteiger partial charge in [-0.2, -0.15) is 0 Å². The normalized spacial score (nSPS) is 11.3. The molecule has 30 heavy (non-hydrogen) atoms. The smallest absolute Gasteiger partial charge is 0.351 e. The summed E-state index contributed by atoms with van der Waals surface area (Å²) in [5.74, 6) is -0.536. The number of benzene rings is 2. The van der Waals surface area contributed by atoms with Crippen LogP contribution in [0.15, 0.2) is 67.0 Å². The van der Waals surface area contributed by atoms with E-state index < -0.39 is 17.2 Å². The number of carbonyl (C=O) groups excluding carboxylic acids is 1. The third kappa shape index (κ3) is 3.64. The van der Waals surface area contributed by atoms with E-state index in [-0.39, 0.29) is 18.1 Å². The second kappa shape index (κ2) is 7.63. The molecule has 2 heterocycles. The van der Waals surface area contributed by atoms with Gasteiger partial charge in [0.25, 0.3) is 0 Å². The van der Waals surface area contributed by atoms with Gasteiger partial charge in [-0.3, -0.25) is 0 Å². The molecular weight excluding hydrogens is 384 g/mol. The predicted octanol–water partition coefficient (Wildman–Crippen LogP) is 4.69. The fourth-order valence-corrected chi connectivity index (χ4v) is 3.56. The van der Waals surface area contributed by atoms with Crippen molar-refractivity contribution in [2.45, 2.75) is 33.3 Å². The second-order valence-electron chi connectivity index (χ2n) is 7.51. The molecule has 0 fully saturated rings. The SMILES string of the molecule is Cc1cc2oc(=O)cc(COC(=O)c3cc4ccccc4oc3=O)c2cc1C(C)C. The number of carbonyl (C=O) groups is 1. The first-order valence-electron chi connectivity index (χ1n) is 9.61. The van der Waals surface area contributed by atoms with Crippen LogP contribution >= 0.6 is 0 Å². The van der Waals surface area contributed by atoms with Gasteiger partial charge in [-0.05, 0) is 48.2 Å². The van der Waals surface area contributed by atoms with E-state index in [9.17, 15) is 14.4 Å². The molecule has 4 aromatic rings. The molecule has 0 amide bonds. The zero-order chi connectivity index (χ0) is 21.4. The second-order valence-corrected chi connectivity index (χ2v) is 7.51. The van der Waals surface area contributed by atoms with Gasteiger partial charge in [-0.15, -0.1) is 0 Å². The maximum absolute atomic E-state index is 12.5. The molecular formula is C24H20O6. The van der Waals surface area contributed by atoms with Gasteiger partial charge in [0.2, 0.25) is 0 Å². The number of para-hydroxylation sites is 1. The summed E-state index contributed by atoms with van der Waals surface area (Å²) in [5, 5.41) is 1.31. The van der Waals surface area contributed by atoms with Crippen LogP contribution in [0.4, 0.5) is 0 Å². The van der Waals surface area contributed by atoms with Gasteiger partial charge in [0.15, 0.2) is 0 Å². The Labute approximate surface area is 171 Å². The predicted molar refractivity (Wildman–Crippen MR) is 113 cm³/mol. The molecule has 0 aliphatic rings. The number of ether oxygens (including phenoxy) is 1. The van der Waals surface area contributed by atoms with Crippen LogP contribution in [0.1, 0.15) is 46.8 Å². The Morgan fingerprint density at radius 2 is 1.77 bits per heavy atom. The molecule has 0 aliphatic carbocycles. The van der Waals surface area contributed by atoms with Gasteiger partial charge in [0.05, 0.1) is 0 Å². The molecule has 2 aromatic heterocycles. The first-order chi connectivity index (χ1) is 14.3. The summed E-state index contributed by atoms with van der Waals surface area (Å²) in [6.07, 6.45) is 0. The van der Waals surface area contributed by atoms with E-state index in [4.69, 9.17) is 13.6 Å². The molecule has 0 atom stereocenters. The standard InChI is InChI=1S/C24H20O6/c1-13(2)17-11-18-16(10-22(25)29-21(18)8-14(17)3)12-28-23(26)19-9-15-6-4-5-7-20(15)30-24(19)27/h4-11,13H,12H2,1-3H3. The van der Waals surface area contributed by atoms with Crippen LogP contribution < -0.4 is 11.3 Å². The van der Waals surface area contributed by atoms with Crippen molar-refractivity contribution in [1.82, 2.24) is 0 Å². The van der Waals surface area contributed by atoms with Crippen LogP contribution in [0.2, 0.25) is 0 Å². The summed E-state index contributed by atoms with van der Waals surface area (Å²) >= 11 is 0. The van der Waals surface area contributed by atoms with Crippen LogP contribution in [0.3, 0.4) is 0 Å². The summed E-state index contributed by atoms with van der Waals surface area (Å²) in [4.78, 5) is 36.7. The van der Waals surface area contributed by atoms with Crippen LogP contribution in [0, 0.1) is 6.92 Å². The van der Waals surface area contributed by atoms with Crippen LogP contribution in [0.25, 0.3) is 21.9 Å². The summed E-state index contributed by atoms with van der Waals surface area (Å²) in [5.41, 5.74) is 1.97.